The van der Waals surface area contributed by atoms with Crippen LogP contribution < -0.4 is 15.5 Å². The van der Waals surface area contributed by atoms with Crippen molar-refractivity contribution in [1.82, 2.24) is 20.5 Å². The lowest BCUT2D eigenvalue weighted by molar-refractivity contribution is 0.0931. The second-order valence-electron chi connectivity index (χ2n) is 9.28. The maximum atomic E-state index is 13.4. The van der Waals surface area contributed by atoms with Crippen molar-refractivity contribution in [3.8, 4) is 11.1 Å². The smallest absolute Gasteiger partial charge is 0.255 e. The van der Waals surface area contributed by atoms with Gasteiger partial charge in [-0.05, 0) is 68.7 Å². The zero-order valence-corrected chi connectivity index (χ0v) is 19.9. The lowest BCUT2D eigenvalue weighted by Crippen LogP contribution is -2.44. The molecule has 1 aliphatic heterocycles. The molecule has 0 spiro atoms. The van der Waals surface area contributed by atoms with E-state index in [1.54, 1.807) is 24.5 Å². The van der Waals surface area contributed by atoms with Gasteiger partial charge in [-0.3, -0.25) is 14.9 Å². The van der Waals surface area contributed by atoms with Gasteiger partial charge in [0, 0.05) is 54.2 Å². The van der Waals surface area contributed by atoms with E-state index in [1.807, 2.05) is 18.3 Å². The molecule has 0 saturated carbocycles. The van der Waals surface area contributed by atoms with Crippen molar-refractivity contribution in [3.63, 3.8) is 0 Å². The largest absolute Gasteiger partial charge is 0.382 e. The highest BCUT2D eigenvalue weighted by atomic mass is 19.1. The van der Waals surface area contributed by atoms with Crippen molar-refractivity contribution in [2.24, 2.45) is 0 Å². The van der Waals surface area contributed by atoms with Crippen molar-refractivity contribution < 1.29 is 9.18 Å². The molecule has 0 radical (unpaired) electrons. The molecule has 7 nitrogen and oxygen atoms in total. The van der Waals surface area contributed by atoms with Crippen molar-refractivity contribution in [1.29, 1.82) is 0 Å². The Labute approximate surface area is 203 Å². The summed E-state index contributed by atoms with van der Waals surface area (Å²) in [5.41, 5.74) is 5.14. The third kappa shape index (κ3) is 4.96. The number of aromatic amines is 1. The fraction of sp³-hybridized carbons (Fsp3) is 0.296. The molecule has 1 aliphatic rings. The fourth-order valence-electron chi connectivity index (χ4n) is 4.59. The van der Waals surface area contributed by atoms with Crippen molar-refractivity contribution in [2.45, 2.75) is 38.8 Å². The summed E-state index contributed by atoms with van der Waals surface area (Å²) in [5, 5.41) is 14.5. The van der Waals surface area contributed by atoms with E-state index in [1.165, 1.54) is 12.1 Å². The minimum absolute atomic E-state index is 0.0686. The van der Waals surface area contributed by atoms with Gasteiger partial charge in [0.2, 0.25) is 0 Å². The average Bonchev–Trinajstić information content (AvgIpc) is 3.40. The van der Waals surface area contributed by atoms with Crippen LogP contribution in [0.3, 0.4) is 0 Å². The summed E-state index contributed by atoms with van der Waals surface area (Å²) in [5.74, 6) is -0.362. The second-order valence-corrected chi connectivity index (χ2v) is 9.28. The molecule has 1 fully saturated rings. The Morgan fingerprint density at radius 3 is 2.54 bits per heavy atom. The van der Waals surface area contributed by atoms with Crippen molar-refractivity contribution in [2.75, 3.05) is 23.3 Å². The molecule has 1 amide bonds. The summed E-state index contributed by atoms with van der Waals surface area (Å²) in [4.78, 5) is 20.2. The number of hydrogen-bond donors (Lipinski definition) is 3. The topological polar surface area (TPSA) is 85.9 Å². The maximum absolute atomic E-state index is 13.4. The number of nitrogens with one attached hydrogen (secondary N) is 3. The molecule has 180 valence electrons. The van der Waals surface area contributed by atoms with Crippen LogP contribution in [0, 0.1) is 5.82 Å². The summed E-state index contributed by atoms with van der Waals surface area (Å²) >= 11 is 0. The third-order valence-corrected chi connectivity index (χ3v) is 6.40. The van der Waals surface area contributed by atoms with Gasteiger partial charge in [-0.1, -0.05) is 6.07 Å². The van der Waals surface area contributed by atoms with Crippen LogP contribution in [0.1, 0.15) is 37.0 Å². The number of hydrogen-bond acceptors (Lipinski definition) is 5. The fourth-order valence-corrected chi connectivity index (χ4v) is 4.59. The van der Waals surface area contributed by atoms with Gasteiger partial charge in [-0.2, -0.15) is 5.10 Å². The summed E-state index contributed by atoms with van der Waals surface area (Å²) in [7, 11) is 0. The van der Waals surface area contributed by atoms with E-state index in [-0.39, 0.29) is 23.8 Å². The van der Waals surface area contributed by atoms with E-state index >= 15 is 0 Å². The molecule has 0 aliphatic carbocycles. The molecule has 2 aromatic heterocycles. The van der Waals surface area contributed by atoms with E-state index in [0.717, 1.165) is 59.3 Å². The number of fused-ring (bicyclic) bond motifs is 1. The number of anilines is 2. The lowest BCUT2D eigenvalue weighted by atomic mass is 10.0. The Kier molecular flexibility index (Phi) is 6.35. The molecular weight excluding hydrogens is 443 g/mol. The molecule has 0 unspecified atom stereocenters. The predicted octanol–water partition coefficient (Wildman–Crippen LogP) is 4.98. The van der Waals surface area contributed by atoms with Gasteiger partial charge in [-0.25, -0.2) is 4.39 Å². The van der Waals surface area contributed by atoms with Crippen molar-refractivity contribution >= 4 is 28.2 Å². The summed E-state index contributed by atoms with van der Waals surface area (Å²) < 4.78 is 13.2. The van der Waals surface area contributed by atoms with Gasteiger partial charge < -0.3 is 15.5 Å². The molecule has 1 saturated heterocycles. The quantitative estimate of drug-likeness (QED) is 0.368. The first-order valence-electron chi connectivity index (χ1n) is 12.0. The number of halogens is 1. The monoisotopic (exact) mass is 472 g/mol. The van der Waals surface area contributed by atoms with Gasteiger partial charge in [0.1, 0.15) is 5.82 Å². The van der Waals surface area contributed by atoms with Crippen LogP contribution in [-0.4, -0.2) is 46.3 Å². The number of carbonyl (C=O) groups excluding carboxylic acids is 1. The highest BCUT2D eigenvalue weighted by Crippen LogP contribution is 2.31. The van der Waals surface area contributed by atoms with Crippen LogP contribution in [0.25, 0.3) is 22.0 Å². The van der Waals surface area contributed by atoms with E-state index in [9.17, 15) is 9.18 Å². The first kappa shape index (κ1) is 22.8. The Morgan fingerprint density at radius 2 is 1.86 bits per heavy atom. The number of rotatable bonds is 6. The van der Waals surface area contributed by atoms with Gasteiger partial charge in [0.25, 0.3) is 5.91 Å². The first-order valence-corrected chi connectivity index (χ1v) is 12.0. The third-order valence-electron chi connectivity index (χ3n) is 6.40. The minimum atomic E-state index is -0.234. The van der Waals surface area contributed by atoms with Gasteiger partial charge >= 0.3 is 0 Å². The standard InChI is InChI=1S/C27H29FN6O/c1-17(2)32-26-23-13-18(19-14-30-31-15-19)3-8-25(23)29-16-24(26)27(35)33-21-9-11-34(12-10-21)22-6-4-20(28)5-7-22/h3-8,13-17,21H,9-12H2,1-2H3,(H,29,32)(H,30,31)(H,33,35). The Morgan fingerprint density at radius 1 is 1.09 bits per heavy atom. The first-order chi connectivity index (χ1) is 17.0. The average molecular weight is 473 g/mol. The molecule has 8 heteroatoms. The number of H-pyrrole nitrogens is 1. The minimum Gasteiger partial charge on any atom is -0.382 e. The number of piperidine rings is 1. The number of aromatic nitrogens is 3. The molecule has 0 bridgehead atoms. The maximum Gasteiger partial charge on any atom is 0.255 e. The van der Waals surface area contributed by atoms with Crippen LogP contribution in [0.2, 0.25) is 0 Å². The molecule has 0 atom stereocenters. The van der Waals surface area contributed by atoms with Gasteiger partial charge in [0.15, 0.2) is 0 Å². The summed E-state index contributed by atoms with van der Waals surface area (Å²) in [6.07, 6.45) is 6.93. The normalized spacial score (nSPS) is 14.5. The van der Waals surface area contributed by atoms with E-state index < -0.39 is 0 Å². The van der Waals surface area contributed by atoms with Crippen LogP contribution in [-0.2, 0) is 0 Å². The highest BCUT2D eigenvalue weighted by Gasteiger charge is 2.24. The van der Waals surface area contributed by atoms with Gasteiger partial charge in [0.05, 0.1) is 23.0 Å². The highest BCUT2D eigenvalue weighted by molar-refractivity contribution is 6.08. The number of amides is 1. The van der Waals surface area contributed by atoms with Crippen molar-refractivity contribution in [3.05, 3.63) is 72.4 Å². The Bertz CT molecular complexity index is 1310. The Balaban J connectivity index is 1.36. The second kappa shape index (κ2) is 9.74. The number of carbonyl (C=O) groups is 1. The summed E-state index contributed by atoms with van der Waals surface area (Å²) in [6, 6.07) is 12.8. The zero-order chi connectivity index (χ0) is 24.4. The van der Waals surface area contributed by atoms with Crippen LogP contribution >= 0.6 is 0 Å². The zero-order valence-electron chi connectivity index (χ0n) is 19.9. The Hall–Kier alpha value is -3.94. The van der Waals surface area contributed by atoms with E-state index in [4.69, 9.17) is 0 Å². The predicted molar refractivity (Wildman–Crippen MR) is 137 cm³/mol. The van der Waals surface area contributed by atoms with Crippen LogP contribution in [0.15, 0.2) is 61.1 Å². The molecule has 3 N–H and O–H groups in total. The molecule has 35 heavy (non-hydrogen) atoms. The number of nitrogens with zero attached hydrogens (tertiary/aromatic N) is 3. The molecule has 3 heterocycles. The molecule has 5 rings (SSSR count). The molecule has 2 aromatic carbocycles. The van der Waals surface area contributed by atoms with Crippen LogP contribution in [0.5, 0.6) is 0 Å². The SMILES string of the molecule is CC(C)Nc1c(C(=O)NC2CCN(c3ccc(F)cc3)CC2)cnc2ccc(-c3cn[nH]c3)cc12. The molecular formula is C27H29FN6O. The van der Waals surface area contributed by atoms with E-state index in [2.05, 4.69) is 50.6 Å². The number of benzene rings is 2. The van der Waals surface area contributed by atoms with Gasteiger partial charge in [-0.15, -0.1) is 0 Å². The van der Waals surface area contributed by atoms with Crippen LogP contribution in [0.4, 0.5) is 15.8 Å². The lowest BCUT2D eigenvalue weighted by Gasteiger charge is -2.34. The summed E-state index contributed by atoms with van der Waals surface area (Å²) in [6.45, 7) is 5.72. The number of pyridine rings is 1. The van der Waals surface area contributed by atoms with E-state index in [0.29, 0.717) is 5.56 Å². The molecule has 4 aromatic rings.